The predicted octanol–water partition coefficient (Wildman–Crippen LogP) is 0.990. The van der Waals surface area contributed by atoms with Gasteiger partial charge in [-0.25, -0.2) is 8.42 Å². The highest BCUT2D eigenvalue weighted by Gasteiger charge is 2.34. The van der Waals surface area contributed by atoms with Crippen molar-refractivity contribution in [3.05, 3.63) is 18.2 Å². The van der Waals surface area contributed by atoms with Gasteiger partial charge in [0.2, 0.25) is 10.0 Å². The lowest BCUT2D eigenvalue weighted by Crippen LogP contribution is -2.56. The van der Waals surface area contributed by atoms with Crippen molar-refractivity contribution in [1.82, 2.24) is 9.21 Å². The van der Waals surface area contributed by atoms with Crippen molar-refractivity contribution in [1.29, 1.82) is 0 Å². The van der Waals surface area contributed by atoms with Gasteiger partial charge in [0.15, 0.2) is 0 Å². The Balaban J connectivity index is 2.34. The Morgan fingerprint density at radius 1 is 1.24 bits per heavy atom. The Kier molecular flexibility index (Phi) is 4.46. The molecule has 0 amide bonds. The largest absolute Gasteiger partial charge is 0.495 e. The van der Waals surface area contributed by atoms with Crippen LogP contribution in [-0.4, -0.2) is 57.0 Å². The van der Waals surface area contributed by atoms with E-state index in [0.29, 0.717) is 24.5 Å². The molecule has 2 unspecified atom stereocenters. The second-order valence-corrected chi connectivity index (χ2v) is 7.53. The Labute approximate surface area is 126 Å². The standard InChI is InChI=1S/C14H23N3O3S/c1-10-8-17(9-11(2)16(10)3)21(18,19)12-5-6-13(15)14(7-12)20-4/h5-7,10-11H,8-9,15H2,1-4H3. The molecule has 1 aliphatic heterocycles. The Morgan fingerprint density at radius 2 is 1.81 bits per heavy atom. The van der Waals surface area contributed by atoms with E-state index < -0.39 is 10.0 Å². The fourth-order valence-electron chi connectivity index (χ4n) is 2.55. The molecule has 1 aromatic carbocycles. The van der Waals surface area contributed by atoms with Gasteiger partial charge in [-0.05, 0) is 33.0 Å². The van der Waals surface area contributed by atoms with E-state index in [0.717, 1.165) is 0 Å². The summed E-state index contributed by atoms with van der Waals surface area (Å²) in [5, 5.41) is 0. The molecule has 0 spiro atoms. The first-order chi connectivity index (χ1) is 9.77. The normalized spacial score (nSPS) is 25.0. The number of nitrogens with two attached hydrogens (primary N) is 1. The van der Waals surface area contributed by atoms with Crippen LogP contribution in [0, 0.1) is 0 Å². The van der Waals surface area contributed by atoms with E-state index in [4.69, 9.17) is 10.5 Å². The minimum atomic E-state index is -3.53. The molecule has 7 heteroatoms. The molecule has 6 nitrogen and oxygen atoms in total. The van der Waals surface area contributed by atoms with Crippen LogP contribution < -0.4 is 10.5 Å². The maximum absolute atomic E-state index is 12.8. The van der Waals surface area contributed by atoms with E-state index in [-0.39, 0.29) is 17.0 Å². The number of ether oxygens (including phenoxy) is 1. The number of nitrogen functional groups attached to an aromatic ring is 1. The summed E-state index contributed by atoms with van der Waals surface area (Å²) in [7, 11) is -0.0359. The molecule has 2 N–H and O–H groups in total. The highest BCUT2D eigenvalue weighted by Crippen LogP contribution is 2.28. The number of nitrogens with zero attached hydrogens (tertiary/aromatic N) is 2. The lowest BCUT2D eigenvalue weighted by Gasteiger charge is -2.41. The molecule has 0 bridgehead atoms. The summed E-state index contributed by atoms with van der Waals surface area (Å²) in [5.41, 5.74) is 6.17. The molecule has 2 rings (SSSR count). The number of hydrogen-bond acceptors (Lipinski definition) is 5. The summed E-state index contributed by atoms with van der Waals surface area (Å²) in [6.07, 6.45) is 0. The minimum absolute atomic E-state index is 0.180. The van der Waals surface area contributed by atoms with Gasteiger partial charge < -0.3 is 10.5 Å². The molecular weight excluding hydrogens is 290 g/mol. The van der Waals surface area contributed by atoms with Crippen LogP contribution in [0.15, 0.2) is 23.1 Å². The molecule has 21 heavy (non-hydrogen) atoms. The molecule has 118 valence electrons. The van der Waals surface area contributed by atoms with Gasteiger partial charge >= 0.3 is 0 Å². The van der Waals surface area contributed by atoms with Crippen LogP contribution in [0.1, 0.15) is 13.8 Å². The molecule has 2 atom stereocenters. The van der Waals surface area contributed by atoms with Gasteiger partial charge in [0.25, 0.3) is 0 Å². The summed E-state index contributed by atoms with van der Waals surface area (Å²) >= 11 is 0. The summed E-state index contributed by atoms with van der Waals surface area (Å²) in [6.45, 7) is 5.02. The number of piperazine rings is 1. The number of anilines is 1. The third-order valence-corrected chi connectivity index (χ3v) is 6.00. The fourth-order valence-corrected chi connectivity index (χ4v) is 4.17. The van der Waals surface area contributed by atoms with Crippen LogP contribution >= 0.6 is 0 Å². The van der Waals surface area contributed by atoms with Gasteiger partial charge in [-0.15, -0.1) is 0 Å². The maximum atomic E-state index is 12.8. The van der Waals surface area contributed by atoms with Crippen LogP contribution in [0.5, 0.6) is 5.75 Å². The summed E-state index contributed by atoms with van der Waals surface area (Å²) < 4.78 is 32.2. The smallest absolute Gasteiger partial charge is 0.243 e. The molecule has 1 aliphatic rings. The molecule has 0 saturated carbocycles. The first-order valence-electron chi connectivity index (χ1n) is 6.93. The zero-order valence-electron chi connectivity index (χ0n) is 12.9. The molecule has 1 aromatic rings. The average Bonchev–Trinajstić information content (AvgIpc) is 2.44. The third kappa shape index (κ3) is 3.00. The van der Waals surface area contributed by atoms with Gasteiger partial charge in [-0.3, -0.25) is 4.90 Å². The highest BCUT2D eigenvalue weighted by atomic mass is 32.2. The molecule has 1 saturated heterocycles. The minimum Gasteiger partial charge on any atom is -0.495 e. The van der Waals surface area contributed by atoms with Crippen molar-refractivity contribution in [2.24, 2.45) is 0 Å². The second kappa shape index (κ2) is 5.82. The first kappa shape index (κ1) is 16.1. The van der Waals surface area contributed by atoms with Crippen molar-refractivity contribution in [3.8, 4) is 5.75 Å². The molecular formula is C14H23N3O3S. The molecule has 0 radical (unpaired) electrons. The zero-order chi connectivity index (χ0) is 15.8. The summed E-state index contributed by atoms with van der Waals surface area (Å²) in [5.74, 6) is 0.381. The molecule has 1 fully saturated rings. The van der Waals surface area contributed by atoms with Crippen molar-refractivity contribution in [2.75, 3.05) is 33.0 Å². The van der Waals surface area contributed by atoms with Crippen LogP contribution in [0.3, 0.4) is 0 Å². The molecule has 1 heterocycles. The van der Waals surface area contributed by atoms with Crippen molar-refractivity contribution < 1.29 is 13.2 Å². The quantitative estimate of drug-likeness (QED) is 0.842. The maximum Gasteiger partial charge on any atom is 0.243 e. The van der Waals surface area contributed by atoms with Crippen molar-refractivity contribution in [3.63, 3.8) is 0 Å². The molecule has 0 aliphatic carbocycles. The summed E-state index contributed by atoms with van der Waals surface area (Å²) in [4.78, 5) is 2.41. The van der Waals surface area contributed by atoms with Gasteiger partial charge in [0, 0.05) is 31.2 Å². The van der Waals surface area contributed by atoms with E-state index in [9.17, 15) is 8.42 Å². The van der Waals surface area contributed by atoms with E-state index in [2.05, 4.69) is 4.90 Å². The summed E-state index contributed by atoms with van der Waals surface area (Å²) in [6, 6.07) is 4.94. The van der Waals surface area contributed by atoms with Gasteiger partial charge in [-0.1, -0.05) is 0 Å². The fraction of sp³-hybridized carbons (Fsp3) is 0.571. The number of sulfonamides is 1. The predicted molar refractivity (Wildman–Crippen MR) is 82.9 cm³/mol. The SMILES string of the molecule is COc1cc(S(=O)(=O)N2CC(C)N(C)C(C)C2)ccc1N. The van der Waals surface area contributed by atoms with Gasteiger partial charge in [-0.2, -0.15) is 4.31 Å². The van der Waals surface area contributed by atoms with Crippen molar-refractivity contribution in [2.45, 2.75) is 30.8 Å². The Hall–Kier alpha value is -1.31. The monoisotopic (exact) mass is 313 g/mol. The average molecular weight is 313 g/mol. The third-order valence-electron chi connectivity index (χ3n) is 4.17. The Bertz CT molecular complexity index is 606. The van der Waals surface area contributed by atoms with Crippen LogP contribution in [0.2, 0.25) is 0 Å². The van der Waals surface area contributed by atoms with E-state index in [1.54, 1.807) is 6.07 Å². The lowest BCUT2D eigenvalue weighted by molar-refractivity contribution is 0.105. The number of hydrogen-bond donors (Lipinski definition) is 1. The molecule has 0 aromatic heterocycles. The number of benzene rings is 1. The lowest BCUT2D eigenvalue weighted by atomic mass is 10.1. The van der Waals surface area contributed by atoms with Crippen LogP contribution in [0.4, 0.5) is 5.69 Å². The topological polar surface area (TPSA) is 75.9 Å². The van der Waals surface area contributed by atoms with Crippen LogP contribution in [0.25, 0.3) is 0 Å². The number of likely N-dealkylation sites (N-methyl/N-ethyl adjacent to an activating group) is 1. The second-order valence-electron chi connectivity index (χ2n) is 5.59. The van der Waals surface area contributed by atoms with E-state index in [1.807, 2.05) is 20.9 Å². The zero-order valence-corrected chi connectivity index (χ0v) is 13.7. The number of methoxy groups -OCH3 is 1. The van der Waals surface area contributed by atoms with Crippen molar-refractivity contribution >= 4 is 15.7 Å². The highest BCUT2D eigenvalue weighted by molar-refractivity contribution is 7.89. The number of rotatable bonds is 3. The van der Waals surface area contributed by atoms with E-state index in [1.165, 1.54) is 23.5 Å². The van der Waals surface area contributed by atoms with E-state index >= 15 is 0 Å². The van der Waals surface area contributed by atoms with Gasteiger partial charge in [0.1, 0.15) is 5.75 Å². The van der Waals surface area contributed by atoms with Crippen LogP contribution in [-0.2, 0) is 10.0 Å². The Morgan fingerprint density at radius 3 is 2.33 bits per heavy atom. The first-order valence-corrected chi connectivity index (χ1v) is 8.37. The van der Waals surface area contributed by atoms with Gasteiger partial charge in [0.05, 0.1) is 17.7 Å².